The van der Waals surface area contributed by atoms with Crippen molar-refractivity contribution in [3.05, 3.63) is 23.2 Å². The van der Waals surface area contributed by atoms with Crippen molar-refractivity contribution in [3.8, 4) is 5.75 Å². The standard InChI is InChI=1S/C11H14ClNO2/c1-8(14)7-13(2)10-6-9(12)4-5-11(10)15-3/h4-6H,7H2,1-3H3. The zero-order valence-electron chi connectivity index (χ0n) is 9.08. The lowest BCUT2D eigenvalue weighted by atomic mass is 10.2. The van der Waals surface area contributed by atoms with Crippen molar-refractivity contribution in [1.29, 1.82) is 0 Å². The monoisotopic (exact) mass is 227 g/mol. The first-order valence-electron chi connectivity index (χ1n) is 4.58. The topological polar surface area (TPSA) is 29.5 Å². The van der Waals surface area contributed by atoms with E-state index in [0.717, 1.165) is 5.69 Å². The van der Waals surface area contributed by atoms with E-state index in [2.05, 4.69) is 0 Å². The Bertz CT molecular complexity index is 366. The molecule has 0 N–H and O–H groups in total. The molecule has 0 aliphatic heterocycles. The van der Waals surface area contributed by atoms with Gasteiger partial charge in [0.25, 0.3) is 0 Å². The first-order valence-corrected chi connectivity index (χ1v) is 4.96. The van der Waals surface area contributed by atoms with Crippen LogP contribution < -0.4 is 9.64 Å². The van der Waals surface area contributed by atoms with Crippen LogP contribution in [0.2, 0.25) is 5.02 Å². The second kappa shape index (κ2) is 5.03. The van der Waals surface area contributed by atoms with Crippen LogP contribution in [0.25, 0.3) is 0 Å². The highest BCUT2D eigenvalue weighted by Gasteiger charge is 2.10. The molecule has 1 aromatic carbocycles. The number of anilines is 1. The molecule has 0 spiro atoms. The van der Waals surface area contributed by atoms with Crippen LogP contribution in [0, 0.1) is 0 Å². The van der Waals surface area contributed by atoms with Gasteiger partial charge in [0, 0.05) is 12.1 Å². The molecule has 1 rings (SSSR count). The summed E-state index contributed by atoms with van der Waals surface area (Å²) in [4.78, 5) is 12.8. The molecule has 0 aliphatic carbocycles. The SMILES string of the molecule is COc1ccc(Cl)cc1N(C)CC(C)=O. The molecule has 4 heteroatoms. The zero-order valence-corrected chi connectivity index (χ0v) is 9.84. The third-order valence-corrected chi connectivity index (χ3v) is 2.25. The number of nitrogens with zero attached hydrogens (tertiary/aromatic N) is 1. The fraction of sp³-hybridized carbons (Fsp3) is 0.364. The average Bonchev–Trinajstić information content (AvgIpc) is 2.16. The Labute approximate surface area is 94.6 Å². The Hall–Kier alpha value is -1.22. The molecular weight excluding hydrogens is 214 g/mol. The molecule has 0 aromatic heterocycles. The molecule has 82 valence electrons. The number of methoxy groups -OCH3 is 1. The van der Waals surface area contributed by atoms with Gasteiger partial charge in [0.05, 0.1) is 19.3 Å². The van der Waals surface area contributed by atoms with Crippen molar-refractivity contribution in [3.63, 3.8) is 0 Å². The average molecular weight is 228 g/mol. The number of hydrogen-bond donors (Lipinski definition) is 0. The van der Waals surface area contributed by atoms with E-state index in [-0.39, 0.29) is 5.78 Å². The van der Waals surface area contributed by atoms with Gasteiger partial charge in [-0.25, -0.2) is 0 Å². The van der Waals surface area contributed by atoms with Gasteiger partial charge in [-0.3, -0.25) is 4.79 Å². The van der Waals surface area contributed by atoms with E-state index in [1.807, 2.05) is 11.9 Å². The van der Waals surface area contributed by atoms with Crippen molar-refractivity contribution in [1.82, 2.24) is 0 Å². The van der Waals surface area contributed by atoms with Gasteiger partial charge in [-0.1, -0.05) is 11.6 Å². The summed E-state index contributed by atoms with van der Waals surface area (Å²) in [5.74, 6) is 0.808. The maximum absolute atomic E-state index is 11.0. The number of carbonyl (C=O) groups excluding carboxylic acids is 1. The van der Waals surface area contributed by atoms with Gasteiger partial charge in [-0.15, -0.1) is 0 Å². The van der Waals surface area contributed by atoms with E-state index >= 15 is 0 Å². The van der Waals surface area contributed by atoms with Crippen LogP contribution in [0.1, 0.15) is 6.92 Å². The van der Waals surface area contributed by atoms with E-state index in [1.54, 1.807) is 32.2 Å². The summed E-state index contributed by atoms with van der Waals surface area (Å²) in [6.07, 6.45) is 0. The summed E-state index contributed by atoms with van der Waals surface area (Å²) >= 11 is 5.89. The Morgan fingerprint density at radius 2 is 2.20 bits per heavy atom. The fourth-order valence-corrected chi connectivity index (χ4v) is 1.55. The summed E-state index contributed by atoms with van der Waals surface area (Å²) in [5.41, 5.74) is 0.820. The molecular formula is C11H14ClNO2. The van der Waals surface area contributed by atoms with Gasteiger partial charge < -0.3 is 9.64 Å². The second-order valence-electron chi connectivity index (χ2n) is 3.37. The lowest BCUT2D eigenvalue weighted by Crippen LogP contribution is -2.24. The van der Waals surface area contributed by atoms with E-state index in [1.165, 1.54) is 0 Å². The molecule has 0 amide bonds. The van der Waals surface area contributed by atoms with E-state index in [0.29, 0.717) is 17.3 Å². The molecule has 0 saturated carbocycles. The summed E-state index contributed by atoms with van der Waals surface area (Å²) < 4.78 is 5.19. The molecule has 0 unspecified atom stereocenters. The van der Waals surface area contributed by atoms with Gasteiger partial charge in [0.1, 0.15) is 11.5 Å². The molecule has 0 atom stereocenters. The highest BCUT2D eigenvalue weighted by Crippen LogP contribution is 2.30. The minimum absolute atomic E-state index is 0.0968. The highest BCUT2D eigenvalue weighted by atomic mass is 35.5. The molecule has 0 fully saturated rings. The molecule has 3 nitrogen and oxygen atoms in total. The molecule has 0 saturated heterocycles. The number of Topliss-reactive ketones (excluding diaryl/α,β-unsaturated/α-hetero) is 1. The third kappa shape index (κ3) is 3.13. The van der Waals surface area contributed by atoms with Crippen molar-refractivity contribution in [2.24, 2.45) is 0 Å². The van der Waals surface area contributed by atoms with Crippen molar-refractivity contribution in [2.75, 3.05) is 25.6 Å². The molecule has 0 heterocycles. The third-order valence-electron chi connectivity index (χ3n) is 2.01. The van der Waals surface area contributed by atoms with E-state index < -0.39 is 0 Å². The lowest BCUT2D eigenvalue weighted by Gasteiger charge is -2.20. The predicted molar refractivity (Wildman–Crippen MR) is 62.0 cm³/mol. The molecule has 0 aliphatic rings. The minimum Gasteiger partial charge on any atom is -0.495 e. The number of halogens is 1. The Kier molecular flexibility index (Phi) is 3.97. The first kappa shape index (κ1) is 11.9. The van der Waals surface area contributed by atoms with E-state index in [4.69, 9.17) is 16.3 Å². The van der Waals surface area contributed by atoms with Crippen LogP contribution in [0.15, 0.2) is 18.2 Å². The molecule has 0 bridgehead atoms. The highest BCUT2D eigenvalue weighted by molar-refractivity contribution is 6.30. The number of ketones is 1. The van der Waals surface area contributed by atoms with Crippen molar-refractivity contribution in [2.45, 2.75) is 6.92 Å². The summed E-state index contributed by atoms with van der Waals surface area (Å²) in [5, 5.41) is 0.626. The van der Waals surface area contributed by atoms with Crippen LogP contribution in [0.3, 0.4) is 0 Å². The Morgan fingerprint density at radius 1 is 1.53 bits per heavy atom. The number of benzene rings is 1. The van der Waals surface area contributed by atoms with Gasteiger partial charge in [0.15, 0.2) is 0 Å². The number of ether oxygens (including phenoxy) is 1. The van der Waals surface area contributed by atoms with Gasteiger partial charge in [0.2, 0.25) is 0 Å². The number of rotatable bonds is 4. The summed E-state index contributed by atoms with van der Waals surface area (Å²) in [7, 11) is 3.42. The number of likely N-dealkylation sites (N-methyl/N-ethyl adjacent to an activating group) is 1. The summed E-state index contributed by atoms with van der Waals surface area (Å²) in [6.45, 7) is 1.89. The zero-order chi connectivity index (χ0) is 11.4. The largest absolute Gasteiger partial charge is 0.495 e. The minimum atomic E-state index is 0.0968. The lowest BCUT2D eigenvalue weighted by molar-refractivity contribution is -0.115. The molecule has 15 heavy (non-hydrogen) atoms. The van der Waals surface area contributed by atoms with Crippen LogP contribution in [-0.4, -0.2) is 26.5 Å². The fourth-order valence-electron chi connectivity index (χ4n) is 1.38. The molecule has 1 aromatic rings. The quantitative estimate of drug-likeness (QED) is 0.791. The number of carbonyl (C=O) groups is 1. The van der Waals surface area contributed by atoms with Crippen molar-refractivity contribution < 1.29 is 9.53 Å². The van der Waals surface area contributed by atoms with Crippen LogP contribution in [0.4, 0.5) is 5.69 Å². The van der Waals surface area contributed by atoms with Gasteiger partial charge in [-0.05, 0) is 25.1 Å². The van der Waals surface area contributed by atoms with Crippen LogP contribution >= 0.6 is 11.6 Å². The second-order valence-corrected chi connectivity index (χ2v) is 3.81. The van der Waals surface area contributed by atoms with Gasteiger partial charge in [-0.2, -0.15) is 0 Å². The summed E-state index contributed by atoms with van der Waals surface area (Å²) in [6, 6.07) is 5.32. The van der Waals surface area contributed by atoms with Gasteiger partial charge >= 0.3 is 0 Å². The van der Waals surface area contributed by atoms with E-state index in [9.17, 15) is 4.79 Å². The normalized spacial score (nSPS) is 9.87. The van der Waals surface area contributed by atoms with Crippen LogP contribution in [0.5, 0.6) is 5.75 Å². The Balaban J connectivity index is 2.99. The smallest absolute Gasteiger partial charge is 0.149 e. The van der Waals surface area contributed by atoms with Crippen molar-refractivity contribution >= 4 is 23.1 Å². The maximum atomic E-state index is 11.0. The predicted octanol–water partition coefficient (Wildman–Crippen LogP) is 2.37. The van der Waals surface area contributed by atoms with Crippen LogP contribution in [-0.2, 0) is 4.79 Å². The molecule has 0 radical (unpaired) electrons. The number of hydrogen-bond acceptors (Lipinski definition) is 3. The Morgan fingerprint density at radius 3 is 2.73 bits per heavy atom. The maximum Gasteiger partial charge on any atom is 0.149 e. The first-order chi connectivity index (χ1) is 7.04.